The van der Waals surface area contributed by atoms with Crippen LogP contribution in [0.1, 0.15) is 22.3 Å². The summed E-state index contributed by atoms with van der Waals surface area (Å²) in [4.78, 5) is 15.1. The minimum absolute atomic E-state index is 0.234. The molecular formula is C15H14FNO2S. The Morgan fingerprint density at radius 1 is 1.25 bits per heavy atom. The second-order valence-corrected chi connectivity index (χ2v) is 5.32. The van der Waals surface area contributed by atoms with Gasteiger partial charge in [0.05, 0.1) is 5.56 Å². The molecule has 0 bridgehead atoms. The number of carbonyl (C=O) groups is 1. The maximum absolute atomic E-state index is 12.7. The fourth-order valence-corrected chi connectivity index (χ4v) is 2.69. The zero-order chi connectivity index (χ0) is 14.4. The maximum atomic E-state index is 12.7. The molecule has 1 aromatic carbocycles. The van der Waals surface area contributed by atoms with E-state index in [9.17, 15) is 9.18 Å². The second kappa shape index (κ2) is 7.05. The van der Waals surface area contributed by atoms with E-state index in [0.717, 1.165) is 24.2 Å². The Balaban J connectivity index is 1.84. The summed E-state index contributed by atoms with van der Waals surface area (Å²) in [5, 5.41) is 9.58. The lowest BCUT2D eigenvalue weighted by Crippen LogP contribution is -2.00. The third-order valence-electron chi connectivity index (χ3n) is 2.76. The molecule has 0 saturated heterocycles. The number of hydrogen-bond donors (Lipinski definition) is 1. The van der Waals surface area contributed by atoms with Crippen molar-refractivity contribution in [1.82, 2.24) is 4.98 Å². The number of nitrogens with zero attached hydrogens (tertiary/aromatic N) is 1. The van der Waals surface area contributed by atoms with Gasteiger partial charge in [-0.25, -0.2) is 14.2 Å². The summed E-state index contributed by atoms with van der Waals surface area (Å²) in [6.45, 7) is 0. The number of carboxylic acids is 1. The first kappa shape index (κ1) is 14.5. The molecule has 2 aromatic rings. The van der Waals surface area contributed by atoms with Crippen LogP contribution < -0.4 is 0 Å². The number of rotatable bonds is 6. The number of aromatic carboxylic acids is 1. The molecule has 5 heteroatoms. The molecule has 20 heavy (non-hydrogen) atoms. The van der Waals surface area contributed by atoms with Crippen LogP contribution >= 0.6 is 11.8 Å². The maximum Gasteiger partial charge on any atom is 0.338 e. The van der Waals surface area contributed by atoms with Crippen LogP contribution in [0.3, 0.4) is 0 Å². The Bertz CT molecular complexity index is 587. The highest BCUT2D eigenvalue weighted by Gasteiger charge is 2.10. The largest absolute Gasteiger partial charge is 0.478 e. The van der Waals surface area contributed by atoms with Crippen LogP contribution in [0.2, 0.25) is 0 Å². The molecule has 1 N–H and O–H groups in total. The van der Waals surface area contributed by atoms with Crippen LogP contribution in [0.15, 0.2) is 47.6 Å². The Morgan fingerprint density at radius 3 is 2.70 bits per heavy atom. The standard InChI is InChI=1S/C15H14FNO2S/c16-12-7-5-11(6-8-12)3-2-10-20-14-13(15(18)19)4-1-9-17-14/h1,4-9H,2-3,10H2,(H,18,19). The average Bonchev–Trinajstić information content (AvgIpc) is 2.46. The molecule has 0 aliphatic heterocycles. The molecule has 0 radical (unpaired) electrons. The highest BCUT2D eigenvalue weighted by molar-refractivity contribution is 7.99. The zero-order valence-electron chi connectivity index (χ0n) is 10.8. The van der Waals surface area contributed by atoms with Crippen LogP contribution in [-0.4, -0.2) is 21.8 Å². The Morgan fingerprint density at radius 2 is 2.00 bits per heavy atom. The summed E-state index contributed by atoms with van der Waals surface area (Å²) >= 11 is 1.43. The van der Waals surface area contributed by atoms with Crippen LogP contribution in [-0.2, 0) is 6.42 Å². The fourth-order valence-electron chi connectivity index (χ4n) is 1.76. The van der Waals surface area contributed by atoms with Gasteiger partial charge >= 0.3 is 5.97 Å². The third kappa shape index (κ3) is 4.06. The molecule has 0 atom stereocenters. The van der Waals surface area contributed by atoms with Crippen molar-refractivity contribution in [3.05, 3.63) is 59.5 Å². The summed E-state index contributed by atoms with van der Waals surface area (Å²) in [6, 6.07) is 9.60. The van der Waals surface area contributed by atoms with Crippen LogP contribution in [0.25, 0.3) is 0 Å². The topological polar surface area (TPSA) is 50.2 Å². The number of pyridine rings is 1. The van der Waals surface area contributed by atoms with E-state index in [1.54, 1.807) is 30.5 Å². The number of aryl methyl sites for hydroxylation is 1. The molecule has 0 spiro atoms. The lowest BCUT2D eigenvalue weighted by molar-refractivity contribution is 0.0692. The summed E-state index contributed by atoms with van der Waals surface area (Å²) in [7, 11) is 0. The number of aromatic nitrogens is 1. The molecule has 0 unspecified atom stereocenters. The highest BCUT2D eigenvalue weighted by Crippen LogP contribution is 2.21. The molecule has 1 heterocycles. The van der Waals surface area contributed by atoms with E-state index < -0.39 is 5.97 Å². The van der Waals surface area contributed by atoms with Crippen molar-refractivity contribution in [2.24, 2.45) is 0 Å². The Kier molecular flexibility index (Phi) is 5.12. The molecule has 2 rings (SSSR count). The van der Waals surface area contributed by atoms with E-state index in [4.69, 9.17) is 5.11 Å². The molecule has 0 fully saturated rings. The minimum atomic E-state index is -0.959. The molecule has 0 aliphatic rings. The van der Waals surface area contributed by atoms with Crippen molar-refractivity contribution in [3.63, 3.8) is 0 Å². The van der Waals surface area contributed by atoms with E-state index in [0.29, 0.717) is 5.03 Å². The normalized spacial score (nSPS) is 10.4. The van der Waals surface area contributed by atoms with Crippen LogP contribution in [0.4, 0.5) is 4.39 Å². The van der Waals surface area contributed by atoms with E-state index in [1.165, 1.54) is 23.9 Å². The number of halogens is 1. The Labute approximate surface area is 120 Å². The van der Waals surface area contributed by atoms with Crippen molar-refractivity contribution >= 4 is 17.7 Å². The van der Waals surface area contributed by atoms with Gasteiger partial charge in [-0.2, -0.15) is 0 Å². The number of hydrogen-bond acceptors (Lipinski definition) is 3. The summed E-state index contributed by atoms with van der Waals surface area (Å²) in [5.41, 5.74) is 1.31. The van der Waals surface area contributed by atoms with E-state index >= 15 is 0 Å². The zero-order valence-corrected chi connectivity index (χ0v) is 11.6. The van der Waals surface area contributed by atoms with Gasteiger partial charge in [-0.1, -0.05) is 12.1 Å². The van der Waals surface area contributed by atoms with Gasteiger partial charge in [-0.3, -0.25) is 0 Å². The van der Waals surface area contributed by atoms with Crippen LogP contribution in [0, 0.1) is 5.82 Å². The minimum Gasteiger partial charge on any atom is -0.478 e. The predicted molar refractivity (Wildman–Crippen MR) is 76.6 cm³/mol. The first-order valence-electron chi connectivity index (χ1n) is 6.22. The summed E-state index contributed by atoms with van der Waals surface area (Å²) in [6.07, 6.45) is 3.31. The number of carboxylic acid groups (broad SMARTS) is 1. The van der Waals surface area contributed by atoms with Crippen molar-refractivity contribution in [1.29, 1.82) is 0 Å². The monoisotopic (exact) mass is 291 g/mol. The number of thioether (sulfide) groups is 1. The van der Waals surface area contributed by atoms with Gasteiger partial charge in [0.15, 0.2) is 0 Å². The Hall–Kier alpha value is -1.88. The van der Waals surface area contributed by atoms with E-state index in [-0.39, 0.29) is 11.4 Å². The quantitative estimate of drug-likeness (QED) is 0.652. The molecule has 0 aliphatic carbocycles. The third-order valence-corrected chi connectivity index (χ3v) is 3.85. The molecule has 0 saturated carbocycles. The fraction of sp³-hybridized carbons (Fsp3) is 0.200. The van der Waals surface area contributed by atoms with Crippen molar-refractivity contribution in [3.8, 4) is 0 Å². The lowest BCUT2D eigenvalue weighted by Gasteiger charge is -2.04. The van der Waals surface area contributed by atoms with Gasteiger partial charge in [0, 0.05) is 6.20 Å². The van der Waals surface area contributed by atoms with Gasteiger partial charge in [-0.15, -0.1) is 11.8 Å². The summed E-state index contributed by atoms with van der Waals surface area (Å²) in [5.74, 6) is -0.420. The van der Waals surface area contributed by atoms with Gasteiger partial charge in [-0.05, 0) is 48.4 Å². The van der Waals surface area contributed by atoms with Gasteiger partial charge in [0.1, 0.15) is 10.8 Å². The SMILES string of the molecule is O=C(O)c1cccnc1SCCCc1ccc(F)cc1. The first-order chi connectivity index (χ1) is 9.66. The summed E-state index contributed by atoms with van der Waals surface area (Å²) < 4.78 is 12.7. The highest BCUT2D eigenvalue weighted by atomic mass is 32.2. The molecule has 1 aromatic heterocycles. The van der Waals surface area contributed by atoms with Crippen molar-refractivity contribution < 1.29 is 14.3 Å². The first-order valence-corrected chi connectivity index (χ1v) is 7.21. The smallest absolute Gasteiger partial charge is 0.338 e. The molecule has 0 amide bonds. The predicted octanol–water partition coefficient (Wildman–Crippen LogP) is 3.64. The van der Waals surface area contributed by atoms with Gasteiger partial charge < -0.3 is 5.11 Å². The van der Waals surface area contributed by atoms with E-state index in [2.05, 4.69) is 4.98 Å². The van der Waals surface area contributed by atoms with Gasteiger partial charge in [0.25, 0.3) is 0 Å². The van der Waals surface area contributed by atoms with Crippen molar-refractivity contribution in [2.75, 3.05) is 5.75 Å². The number of benzene rings is 1. The molecular weight excluding hydrogens is 277 g/mol. The second-order valence-electron chi connectivity index (χ2n) is 4.24. The van der Waals surface area contributed by atoms with Crippen molar-refractivity contribution in [2.45, 2.75) is 17.9 Å². The van der Waals surface area contributed by atoms with E-state index in [1.807, 2.05) is 0 Å². The van der Waals surface area contributed by atoms with Crippen LogP contribution in [0.5, 0.6) is 0 Å². The average molecular weight is 291 g/mol. The molecule has 3 nitrogen and oxygen atoms in total. The molecule has 104 valence electrons. The lowest BCUT2D eigenvalue weighted by atomic mass is 10.1. The van der Waals surface area contributed by atoms with Gasteiger partial charge in [0.2, 0.25) is 0 Å².